The summed E-state index contributed by atoms with van der Waals surface area (Å²) in [5.41, 5.74) is 0.807. The summed E-state index contributed by atoms with van der Waals surface area (Å²) in [4.78, 5) is 11.6. The van der Waals surface area contributed by atoms with Gasteiger partial charge in [-0.3, -0.25) is 4.79 Å². The summed E-state index contributed by atoms with van der Waals surface area (Å²) < 4.78 is 6.35. The predicted octanol–water partition coefficient (Wildman–Crippen LogP) is 2.79. The van der Waals surface area contributed by atoms with Crippen LogP contribution >= 0.6 is 15.9 Å². The number of nitrogens with one attached hydrogen (secondary N) is 2. The first-order valence-electron chi connectivity index (χ1n) is 6.56. The Morgan fingerprint density at radius 2 is 2.00 bits per heavy atom. The van der Waals surface area contributed by atoms with Gasteiger partial charge in [0, 0.05) is 23.4 Å². The third-order valence-corrected chi connectivity index (χ3v) is 2.93. The van der Waals surface area contributed by atoms with Crippen molar-refractivity contribution in [1.82, 2.24) is 5.32 Å². The minimum absolute atomic E-state index is 0.0307. The molecule has 0 saturated heterocycles. The summed E-state index contributed by atoms with van der Waals surface area (Å²) in [5.74, 6) is -0.0307. The topological polar surface area (TPSA) is 50.4 Å². The number of ether oxygens (including phenoxy) is 1. The van der Waals surface area contributed by atoms with Crippen molar-refractivity contribution in [2.24, 2.45) is 0 Å². The van der Waals surface area contributed by atoms with Crippen molar-refractivity contribution in [3.63, 3.8) is 0 Å². The maximum absolute atomic E-state index is 11.6. The normalized spacial score (nSPS) is 10.4. The van der Waals surface area contributed by atoms with E-state index in [0.717, 1.165) is 42.8 Å². The van der Waals surface area contributed by atoms with Crippen LogP contribution in [0.2, 0.25) is 0 Å². The number of hydrogen-bond donors (Lipinski definition) is 2. The predicted molar refractivity (Wildman–Crippen MR) is 81.4 cm³/mol. The highest BCUT2D eigenvalue weighted by Gasteiger charge is 2.01. The Bertz CT molecular complexity index is 368. The minimum atomic E-state index is -0.0307. The molecule has 1 amide bonds. The Labute approximate surface area is 123 Å². The fourth-order valence-electron chi connectivity index (χ4n) is 1.49. The number of carbonyl (C=O) groups excluding carboxylic acids is 1. The van der Waals surface area contributed by atoms with Crippen LogP contribution in [0, 0.1) is 0 Å². The first-order valence-corrected chi connectivity index (χ1v) is 7.35. The van der Waals surface area contributed by atoms with Crippen LogP contribution in [-0.4, -0.2) is 32.2 Å². The maximum Gasteiger partial charge on any atom is 0.238 e. The molecule has 106 valence electrons. The van der Waals surface area contributed by atoms with Gasteiger partial charge in [-0.25, -0.2) is 0 Å². The highest BCUT2D eigenvalue weighted by molar-refractivity contribution is 9.10. The quantitative estimate of drug-likeness (QED) is 0.685. The van der Waals surface area contributed by atoms with Crippen molar-refractivity contribution < 1.29 is 9.53 Å². The summed E-state index contributed by atoms with van der Waals surface area (Å²) >= 11 is 3.35. The average Bonchev–Trinajstić information content (AvgIpc) is 2.40. The summed E-state index contributed by atoms with van der Waals surface area (Å²) in [7, 11) is 0. The molecule has 4 nitrogen and oxygen atoms in total. The number of amides is 1. The Morgan fingerprint density at radius 3 is 2.68 bits per heavy atom. The van der Waals surface area contributed by atoms with Gasteiger partial charge in [-0.1, -0.05) is 22.9 Å². The van der Waals surface area contributed by atoms with E-state index in [4.69, 9.17) is 4.74 Å². The van der Waals surface area contributed by atoms with Crippen LogP contribution < -0.4 is 10.6 Å². The zero-order chi connectivity index (χ0) is 13.9. The van der Waals surface area contributed by atoms with E-state index in [1.54, 1.807) is 0 Å². The summed E-state index contributed by atoms with van der Waals surface area (Å²) in [6.07, 6.45) is 1.97. The van der Waals surface area contributed by atoms with Gasteiger partial charge in [-0.2, -0.15) is 0 Å². The van der Waals surface area contributed by atoms with Crippen LogP contribution in [0.25, 0.3) is 0 Å². The molecular formula is C14H21BrN2O2. The molecule has 2 N–H and O–H groups in total. The van der Waals surface area contributed by atoms with Gasteiger partial charge in [-0.05, 0) is 43.7 Å². The zero-order valence-corrected chi connectivity index (χ0v) is 12.8. The Balaban J connectivity index is 2.06. The highest BCUT2D eigenvalue weighted by Crippen LogP contribution is 2.13. The van der Waals surface area contributed by atoms with E-state index < -0.39 is 0 Å². The fraction of sp³-hybridized carbons (Fsp3) is 0.500. The van der Waals surface area contributed by atoms with E-state index in [2.05, 4.69) is 33.5 Å². The fourth-order valence-corrected chi connectivity index (χ4v) is 1.75. The van der Waals surface area contributed by atoms with Gasteiger partial charge >= 0.3 is 0 Å². The summed E-state index contributed by atoms with van der Waals surface area (Å²) in [6, 6.07) is 7.52. The van der Waals surface area contributed by atoms with E-state index in [9.17, 15) is 4.79 Å². The zero-order valence-electron chi connectivity index (χ0n) is 11.2. The number of halogens is 1. The number of anilines is 1. The second-order valence-corrected chi connectivity index (χ2v) is 5.11. The minimum Gasteiger partial charge on any atom is -0.381 e. The lowest BCUT2D eigenvalue weighted by Crippen LogP contribution is -2.29. The largest absolute Gasteiger partial charge is 0.381 e. The number of carbonyl (C=O) groups is 1. The second kappa shape index (κ2) is 9.95. The lowest BCUT2D eigenvalue weighted by atomic mass is 10.3. The van der Waals surface area contributed by atoms with E-state index >= 15 is 0 Å². The van der Waals surface area contributed by atoms with Gasteiger partial charge in [-0.15, -0.1) is 0 Å². The van der Waals surface area contributed by atoms with Gasteiger partial charge in [0.05, 0.1) is 6.54 Å². The van der Waals surface area contributed by atoms with Gasteiger partial charge in [0.25, 0.3) is 0 Å². The Hall–Kier alpha value is -0.910. The molecule has 0 spiro atoms. The van der Waals surface area contributed by atoms with Gasteiger partial charge < -0.3 is 15.4 Å². The number of benzene rings is 1. The second-order valence-electron chi connectivity index (χ2n) is 4.20. The molecule has 5 heteroatoms. The van der Waals surface area contributed by atoms with Crippen LogP contribution in [0.1, 0.15) is 19.8 Å². The first-order chi connectivity index (χ1) is 9.22. The van der Waals surface area contributed by atoms with Crippen LogP contribution in [0.3, 0.4) is 0 Å². The number of rotatable bonds is 9. The summed E-state index contributed by atoms with van der Waals surface area (Å²) in [5, 5.41) is 5.92. The molecule has 0 radical (unpaired) electrons. The molecule has 0 heterocycles. The van der Waals surface area contributed by atoms with Crippen molar-refractivity contribution >= 4 is 27.5 Å². The third kappa shape index (κ3) is 7.97. The van der Waals surface area contributed by atoms with Gasteiger partial charge in [0.2, 0.25) is 5.91 Å². The molecule has 1 aromatic rings. The van der Waals surface area contributed by atoms with E-state index in [0.29, 0.717) is 6.54 Å². The average molecular weight is 329 g/mol. The molecule has 1 rings (SSSR count). The molecule has 0 aliphatic rings. The molecule has 0 unspecified atom stereocenters. The van der Waals surface area contributed by atoms with E-state index in [1.165, 1.54) is 0 Å². The molecule has 0 aromatic heterocycles. The summed E-state index contributed by atoms with van der Waals surface area (Å²) in [6.45, 7) is 4.76. The third-order valence-electron chi connectivity index (χ3n) is 2.40. The monoisotopic (exact) mass is 328 g/mol. The van der Waals surface area contributed by atoms with Crippen LogP contribution in [0.5, 0.6) is 0 Å². The van der Waals surface area contributed by atoms with Crippen LogP contribution in [0.15, 0.2) is 28.7 Å². The Kier molecular flexibility index (Phi) is 8.45. The van der Waals surface area contributed by atoms with Gasteiger partial charge in [0.15, 0.2) is 0 Å². The molecular weight excluding hydrogens is 308 g/mol. The first kappa shape index (κ1) is 16.1. The van der Waals surface area contributed by atoms with Crippen molar-refractivity contribution in [1.29, 1.82) is 0 Å². The Morgan fingerprint density at radius 1 is 1.26 bits per heavy atom. The van der Waals surface area contributed by atoms with Crippen LogP contribution in [0.4, 0.5) is 5.69 Å². The van der Waals surface area contributed by atoms with E-state index in [1.807, 2.05) is 24.3 Å². The molecule has 19 heavy (non-hydrogen) atoms. The molecule has 0 aliphatic carbocycles. The van der Waals surface area contributed by atoms with Crippen LogP contribution in [-0.2, 0) is 9.53 Å². The van der Waals surface area contributed by atoms with Crippen molar-refractivity contribution in [2.45, 2.75) is 19.8 Å². The lowest BCUT2D eigenvalue weighted by Gasteiger charge is -2.07. The van der Waals surface area contributed by atoms with Crippen molar-refractivity contribution in [3.8, 4) is 0 Å². The molecule has 0 bridgehead atoms. The standard InChI is InChI=1S/C14H21BrN2O2/c1-2-9-19-10-3-8-16-11-14(18)17-13-6-4-12(15)5-7-13/h4-7,16H,2-3,8-11H2,1H3,(H,17,18). The molecule has 0 aliphatic heterocycles. The van der Waals surface area contributed by atoms with E-state index in [-0.39, 0.29) is 5.91 Å². The maximum atomic E-state index is 11.6. The molecule has 1 aromatic carbocycles. The highest BCUT2D eigenvalue weighted by atomic mass is 79.9. The van der Waals surface area contributed by atoms with Crippen molar-refractivity contribution in [2.75, 3.05) is 31.6 Å². The van der Waals surface area contributed by atoms with Gasteiger partial charge in [0.1, 0.15) is 0 Å². The molecule has 0 saturated carbocycles. The molecule has 0 atom stereocenters. The SMILES string of the molecule is CCCOCCCNCC(=O)Nc1ccc(Br)cc1. The molecule has 0 fully saturated rings. The van der Waals surface area contributed by atoms with Crippen molar-refractivity contribution in [3.05, 3.63) is 28.7 Å². The smallest absolute Gasteiger partial charge is 0.238 e. The lowest BCUT2D eigenvalue weighted by molar-refractivity contribution is -0.115. The number of hydrogen-bond acceptors (Lipinski definition) is 3.